The maximum atomic E-state index is 11.2. The Morgan fingerprint density at radius 3 is 2.09 bits per heavy atom. The second-order valence-corrected chi connectivity index (χ2v) is 5.86. The van der Waals surface area contributed by atoms with Crippen molar-refractivity contribution in [1.29, 1.82) is 0 Å². The summed E-state index contributed by atoms with van der Waals surface area (Å²) in [5, 5.41) is 2.59. The van der Waals surface area contributed by atoms with Gasteiger partial charge in [-0.15, -0.1) is 0 Å². The first-order chi connectivity index (χ1) is 4.87. The fourth-order valence-corrected chi connectivity index (χ4v) is 1.68. The molecule has 0 saturated heterocycles. The lowest BCUT2D eigenvalue weighted by atomic mass is 10.2. The van der Waals surface area contributed by atoms with Crippen LogP contribution in [0.3, 0.4) is 0 Å². The molecule has 11 heavy (non-hydrogen) atoms. The van der Waals surface area contributed by atoms with Gasteiger partial charge in [-0.05, 0) is 13.8 Å². The summed E-state index contributed by atoms with van der Waals surface area (Å²) in [6.45, 7) is 4.39. The molecule has 0 aliphatic rings. The standard InChI is InChI=1S/C6H13NO3S/c1-4-11(9,10)6(2,3)5-7-8/h4-5H2,1-3H3. The van der Waals surface area contributed by atoms with Crippen molar-refractivity contribution in [3.8, 4) is 0 Å². The molecule has 0 aliphatic heterocycles. The predicted octanol–water partition coefficient (Wildman–Crippen LogP) is 0.966. The van der Waals surface area contributed by atoms with Crippen LogP contribution in [0.15, 0.2) is 5.18 Å². The highest BCUT2D eigenvalue weighted by Gasteiger charge is 2.32. The highest BCUT2D eigenvalue weighted by Crippen LogP contribution is 2.17. The fraction of sp³-hybridized carbons (Fsp3) is 1.00. The average molecular weight is 179 g/mol. The van der Waals surface area contributed by atoms with Gasteiger partial charge in [-0.3, -0.25) is 0 Å². The summed E-state index contributed by atoms with van der Waals surface area (Å²) in [5.41, 5.74) is 0. The van der Waals surface area contributed by atoms with Crippen molar-refractivity contribution in [2.45, 2.75) is 25.5 Å². The van der Waals surface area contributed by atoms with Crippen LogP contribution in [0.4, 0.5) is 0 Å². The zero-order valence-electron chi connectivity index (χ0n) is 6.99. The second kappa shape index (κ2) is 3.30. The number of sulfone groups is 1. The van der Waals surface area contributed by atoms with Crippen LogP contribution in [0.1, 0.15) is 20.8 Å². The average Bonchev–Trinajstić information content (AvgIpc) is 1.87. The van der Waals surface area contributed by atoms with Crippen LogP contribution in [-0.4, -0.2) is 25.5 Å². The Kier molecular flexibility index (Phi) is 3.16. The van der Waals surface area contributed by atoms with E-state index in [0.717, 1.165) is 0 Å². The molecule has 0 aromatic rings. The van der Waals surface area contributed by atoms with Crippen LogP contribution < -0.4 is 0 Å². The molecule has 0 saturated carbocycles. The smallest absolute Gasteiger partial charge is 0.157 e. The van der Waals surface area contributed by atoms with E-state index in [4.69, 9.17) is 0 Å². The molecular formula is C6H13NO3S. The van der Waals surface area contributed by atoms with Crippen molar-refractivity contribution in [3.05, 3.63) is 4.91 Å². The molecule has 0 N–H and O–H groups in total. The van der Waals surface area contributed by atoms with E-state index in [-0.39, 0.29) is 12.3 Å². The highest BCUT2D eigenvalue weighted by molar-refractivity contribution is 7.92. The van der Waals surface area contributed by atoms with Crippen LogP contribution in [-0.2, 0) is 9.84 Å². The number of hydrogen-bond donors (Lipinski definition) is 0. The van der Waals surface area contributed by atoms with E-state index in [1.165, 1.54) is 13.8 Å². The van der Waals surface area contributed by atoms with E-state index in [1.54, 1.807) is 6.92 Å². The van der Waals surface area contributed by atoms with Gasteiger partial charge in [-0.25, -0.2) is 8.42 Å². The van der Waals surface area contributed by atoms with E-state index in [2.05, 4.69) is 5.18 Å². The van der Waals surface area contributed by atoms with Gasteiger partial charge in [0, 0.05) is 5.75 Å². The van der Waals surface area contributed by atoms with E-state index in [0.29, 0.717) is 0 Å². The Hall–Kier alpha value is -0.450. The topological polar surface area (TPSA) is 63.6 Å². The third kappa shape index (κ3) is 2.25. The molecule has 0 aliphatic carbocycles. The van der Waals surface area contributed by atoms with Crippen molar-refractivity contribution in [1.82, 2.24) is 0 Å². The molecule has 0 aromatic carbocycles. The van der Waals surface area contributed by atoms with E-state index >= 15 is 0 Å². The Balaban J connectivity index is 4.68. The summed E-state index contributed by atoms with van der Waals surface area (Å²) in [7, 11) is -3.15. The summed E-state index contributed by atoms with van der Waals surface area (Å²) in [6.07, 6.45) is 0. The van der Waals surface area contributed by atoms with Crippen LogP contribution in [0.5, 0.6) is 0 Å². The first-order valence-corrected chi connectivity index (χ1v) is 5.04. The quantitative estimate of drug-likeness (QED) is 0.604. The van der Waals surface area contributed by atoms with Gasteiger partial charge in [0.2, 0.25) is 0 Å². The molecule has 0 radical (unpaired) electrons. The number of rotatable bonds is 4. The molecule has 0 fully saturated rings. The monoisotopic (exact) mass is 179 g/mol. The summed E-state index contributed by atoms with van der Waals surface area (Å²) in [4.78, 5) is 9.87. The van der Waals surface area contributed by atoms with Crippen molar-refractivity contribution >= 4 is 9.84 Å². The molecule has 0 amide bonds. The molecule has 0 rings (SSSR count). The molecule has 0 atom stereocenters. The molecular weight excluding hydrogens is 166 g/mol. The third-order valence-corrected chi connectivity index (χ3v) is 4.24. The lowest BCUT2D eigenvalue weighted by Crippen LogP contribution is -2.36. The summed E-state index contributed by atoms with van der Waals surface area (Å²) in [6, 6.07) is 0. The molecule has 0 bridgehead atoms. The molecule has 0 spiro atoms. The fourth-order valence-electron chi connectivity index (χ4n) is 0.645. The molecule has 0 aromatic heterocycles. The molecule has 4 nitrogen and oxygen atoms in total. The second-order valence-electron chi connectivity index (χ2n) is 2.95. The lowest BCUT2D eigenvalue weighted by molar-refractivity contribution is 0.550. The summed E-state index contributed by atoms with van der Waals surface area (Å²) >= 11 is 0. The maximum absolute atomic E-state index is 11.2. The van der Waals surface area contributed by atoms with Crippen molar-refractivity contribution in [3.63, 3.8) is 0 Å². The van der Waals surface area contributed by atoms with Crippen LogP contribution in [0.25, 0.3) is 0 Å². The SMILES string of the molecule is CCS(=O)(=O)C(C)(C)CN=O. The minimum atomic E-state index is -3.15. The first-order valence-electron chi connectivity index (χ1n) is 3.39. The van der Waals surface area contributed by atoms with E-state index < -0.39 is 14.6 Å². The van der Waals surface area contributed by atoms with Crippen LogP contribution >= 0.6 is 0 Å². The zero-order chi connectivity index (χ0) is 9.12. The Bertz CT molecular complexity index is 230. The van der Waals surface area contributed by atoms with Gasteiger partial charge in [0.25, 0.3) is 0 Å². The van der Waals surface area contributed by atoms with Gasteiger partial charge >= 0.3 is 0 Å². The van der Waals surface area contributed by atoms with Gasteiger partial charge in [-0.1, -0.05) is 12.1 Å². The van der Waals surface area contributed by atoms with Crippen molar-refractivity contribution in [2.75, 3.05) is 12.3 Å². The largest absolute Gasteiger partial charge is 0.228 e. The normalized spacial score (nSPS) is 13.0. The minimum Gasteiger partial charge on any atom is -0.228 e. The highest BCUT2D eigenvalue weighted by atomic mass is 32.2. The minimum absolute atomic E-state index is 0.0511. The van der Waals surface area contributed by atoms with Crippen molar-refractivity contribution < 1.29 is 8.42 Å². The van der Waals surface area contributed by atoms with Crippen molar-refractivity contribution in [2.24, 2.45) is 5.18 Å². The van der Waals surface area contributed by atoms with E-state index in [9.17, 15) is 13.3 Å². The van der Waals surface area contributed by atoms with Crippen LogP contribution in [0.2, 0.25) is 0 Å². The molecule has 5 heteroatoms. The Morgan fingerprint density at radius 1 is 1.36 bits per heavy atom. The third-order valence-electron chi connectivity index (χ3n) is 1.67. The molecule has 0 heterocycles. The van der Waals surface area contributed by atoms with E-state index in [1.807, 2.05) is 0 Å². The Morgan fingerprint density at radius 2 is 1.82 bits per heavy atom. The molecule has 66 valence electrons. The summed E-state index contributed by atoms with van der Waals surface area (Å²) < 4.78 is 21.4. The number of nitrogens with zero attached hydrogens (tertiary/aromatic N) is 1. The molecule has 0 unspecified atom stereocenters. The lowest BCUT2D eigenvalue weighted by Gasteiger charge is -2.19. The van der Waals surface area contributed by atoms with Gasteiger partial charge in [-0.2, -0.15) is 4.91 Å². The zero-order valence-corrected chi connectivity index (χ0v) is 7.81. The number of nitroso groups, excluding NO2 is 1. The van der Waals surface area contributed by atoms with Gasteiger partial charge in [0.1, 0.15) is 6.54 Å². The predicted molar refractivity (Wildman–Crippen MR) is 44.2 cm³/mol. The van der Waals surface area contributed by atoms with Gasteiger partial charge in [0.15, 0.2) is 9.84 Å². The Labute approximate surface area is 66.9 Å². The van der Waals surface area contributed by atoms with Gasteiger partial charge in [0.05, 0.1) is 4.75 Å². The summed E-state index contributed by atoms with van der Waals surface area (Å²) in [5.74, 6) is 0.0511. The van der Waals surface area contributed by atoms with Crippen LogP contribution in [0, 0.1) is 4.91 Å². The maximum Gasteiger partial charge on any atom is 0.157 e. The van der Waals surface area contributed by atoms with Gasteiger partial charge < -0.3 is 0 Å². The number of hydrogen-bond acceptors (Lipinski definition) is 4. The first kappa shape index (κ1) is 10.6.